The highest BCUT2D eigenvalue weighted by Gasteiger charge is 2.50. The van der Waals surface area contributed by atoms with Crippen molar-refractivity contribution in [2.75, 3.05) is 27.9 Å². The molecular formula is C28H28N4O6S. The van der Waals surface area contributed by atoms with E-state index in [1.54, 1.807) is 58.6 Å². The maximum Gasteiger partial charge on any atom is 0.325 e. The predicted molar refractivity (Wildman–Crippen MR) is 145 cm³/mol. The van der Waals surface area contributed by atoms with E-state index in [4.69, 9.17) is 14.2 Å². The van der Waals surface area contributed by atoms with Crippen molar-refractivity contribution in [1.82, 2.24) is 15.2 Å². The molecule has 1 saturated heterocycles. The van der Waals surface area contributed by atoms with E-state index in [0.29, 0.717) is 29.2 Å². The molecule has 0 unspecified atom stereocenters. The van der Waals surface area contributed by atoms with Crippen molar-refractivity contribution in [3.8, 4) is 17.2 Å². The van der Waals surface area contributed by atoms with E-state index in [0.717, 1.165) is 21.1 Å². The van der Waals surface area contributed by atoms with E-state index in [1.807, 2.05) is 29.6 Å². The van der Waals surface area contributed by atoms with Gasteiger partial charge in [0.25, 0.3) is 11.8 Å². The van der Waals surface area contributed by atoms with Crippen molar-refractivity contribution in [1.29, 1.82) is 0 Å². The largest absolute Gasteiger partial charge is 0.497 e. The van der Waals surface area contributed by atoms with Crippen LogP contribution < -0.4 is 19.5 Å². The first-order valence-electron chi connectivity index (χ1n) is 12.2. The van der Waals surface area contributed by atoms with Gasteiger partial charge in [0.1, 0.15) is 17.8 Å². The number of amides is 4. The SMILES string of the molecule is COc1ccc([C@]2(C)NC(=O)N(CC(=O)N3N=C(c4cccs4)C[C@@H]3c3ccc(OC)c(OC)c3)C2=O)cc1. The highest BCUT2D eigenvalue weighted by molar-refractivity contribution is 7.12. The van der Waals surface area contributed by atoms with Crippen LogP contribution in [0.1, 0.15) is 35.4 Å². The Morgan fingerprint density at radius 1 is 1.05 bits per heavy atom. The van der Waals surface area contributed by atoms with Crippen LogP contribution in [0.15, 0.2) is 65.1 Å². The molecular weight excluding hydrogens is 520 g/mol. The second-order valence-electron chi connectivity index (χ2n) is 9.27. The number of carbonyl (C=O) groups is 3. The van der Waals surface area contributed by atoms with Gasteiger partial charge in [0, 0.05) is 6.42 Å². The number of nitrogens with one attached hydrogen (secondary N) is 1. The summed E-state index contributed by atoms with van der Waals surface area (Å²) in [6.07, 6.45) is 0.464. The van der Waals surface area contributed by atoms with Crippen LogP contribution in [-0.2, 0) is 15.1 Å². The highest BCUT2D eigenvalue weighted by atomic mass is 32.1. The zero-order chi connectivity index (χ0) is 27.7. The van der Waals surface area contributed by atoms with Crippen molar-refractivity contribution in [3.63, 3.8) is 0 Å². The monoisotopic (exact) mass is 548 g/mol. The first kappa shape index (κ1) is 26.2. The fourth-order valence-electron chi connectivity index (χ4n) is 4.82. The van der Waals surface area contributed by atoms with Crippen molar-refractivity contribution >= 4 is 34.9 Å². The number of nitrogens with zero attached hydrogens (tertiary/aromatic N) is 3. The molecule has 5 rings (SSSR count). The number of thiophene rings is 1. The van der Waals surface area contributed by atoms with Gasteiger partial charge in [-0.15, -0.1) is 11.3 Å². The van der Waals surface area contributed by atoms with Gasteiger partial charge in [-0.05, 0) is 53.8 Å². The van der Waals surface area contributed by atoms with Crippen LogP contribution in [0, 0.1) is 0 Å². The molecule has 3 heterocycles. The third-order valence-corrected chi connectivity index (χ3v) is 7.92. The summed E-state index contributed by atoms with van der Waals surface area (Å²) in [5.41, 5.74) is 0.803. The molecule has 1 fully saturated rings. The van der Waals surface area contributed by atoms with Crippen LogP contribution >= 0.6 is 11.3 Å². The lowest BCUT2D eigenvalue weighted by Gasteiger charge is -2.25. The topological polar surface area (TPSA) is 110 Å². The van der Waals surface area contributed by atoms with Gasteiger partial charge < -0.3 is 19.5 Å². The molecule has 1 aromatic heterocycles. The molecule has 0 aliphatic carbocycles. The molecule has 0 saturated carbocycles. The number of carbonyl (C=O) groups excluding carboxylic acids is 3. The molecule has 3 aromatic rings. The number of imide groups is 1. The number of rotatable bonds is 8. The van der Waals surface area contributed by atoms with Crippen LogP contribution in [0.25, 0.3) is 0 Å². The van der Waals surface area contributed by atoms with E-state index in [2.05, 4.69) is 10.4 Å². The molecule has 11 heteroatoms. The van der Waals surface area contributed by atoms with Crippen LogP contribution in [0.4, 0.5) is 4.79 Å². The molecule has 10 nitrogen and oxygen atoms in total. The van der Waals surface area contributed by atoms with E-state index in [9.17, 15) is 14.4 Å². The molecule has 2 atom stereocenters. The number of urea groups is 1. The second kappa shape index (κ2) is 10.4. The number of hydrazone groups is 1. The van der Waals surface area contributed by atoms with Gasteiger partial charge in [-0.3, -0.25) is 14.5 Å². The van der Waals surface area contributed by atoms with Gasteiger partial charge in [0.2, 0.25) is 0 Å². The Balaban J connectivity index is 1.42. The zero-order valence-electron chi connectivity index (χ0n) is 22.0. The summed E-state index contributed by atoms with van der Waals surface area (Å²) < 4.78 is 16.0. The first-order valence-corrected chi connectivity index (χ1v) is 13.1. The third-order valence-electron chi connectivity index (χ3n) is 7.00. The van der Waals surface area contributed by atoms with Crippen LogP contribution in [0.2, 0.25) is 0 Å². The predicted octanol–water partition coefficient (Wildman–Crippen LogP) is 3.92. The summed E-state index contributed by atoms with van der Waals surface area (Å²) in [4.78, 5) is 42.0. The fourth-order valence-corrected chi connectivity index (χ4v) is 5.54. The highest BCUT2D eigenvalue weighted by Crippen LogP contribution is 2.38. The van der Waals surface area contributed by atoms with Crippen LogP contribution in [-0.4, -0.2) is 61.3 Å². The lowest BCUT2D eigenvalue weighted by molar-refractivity contribution is -0.140. The Labute approximate surface area is 229 Å². The minimum absolute atomic E-state index is 0.455. The Morgan fingerprint density at radius 2 is 1.79 bits per heavy atom. The van der Waals surface area contributed by atoms with Crippen molar-refractivity contribution in [2.45, 2.75) is 24.9 Å². The summed E-state index contributed by atoms with van der Waals surface area (Å²) >= 11 is 1.53. The molecule has 0 bridgehead atoms. The Morgan fingerprint density at radius 3 is 2.44 bits per heavy atom. The lowest BCUT2D eigenvalue weighted by Crippen LogP contribution is -2.43. The zero-order valence-corrected chi connectivity index (χ0v) is 22.8. The van der Waals surface area contributed by atoms with Crippen LogP contribution in [0.5, 0.6) is 17.2 Å². The number of hydrogen-bond acceptors (Lipinski definition) is 8. The Bertz CT molecular complexity index is 1440. The number of methoxy groups -OCH3 is 3. The van der Waals surface area contributed by atoms with Gasteiger partial charge in [-0.25, -0.2) is 9.80 Å². The minimum atomic E-state index is -1.32. The first-order chi connectivity index (χ1) is 18.8. The minimum Gasteiger partial charge on any atom is -0.497 e. The van der Waals surface area contributed by atoms with Gasteiger partial charge in [-0.1, -0.05) is 24.3 Å². The molecule has 202 valence electrons. The fraction of sp³-hybridized carbons (Fsp3) is 0.286. The molecule has 2 aromatic carbocycles. The maximum absolute atomic E-state index is 13.7. The summed E-state index contributed by atoms with van der Waals surface area (Å²) in [7, 11) is 4.65. The summed E-state index contributed by atoms with van der Waals surface area (Å²) in [5, 5.41) is 10.7. The quantitative estimate of drug-likeness (QED) is 0.428. The molecule has 0 spiro atoms. The molecule has 4 amide bonds. The molecule has 2 aliphatic rings. The van der Waals surface area contributed by atoms with Gasteiger partial charge in [-0.2, -0.15) is 5.10 Å². The lowest BCUT2D eigenvalue weighted by atomic mass is 9.92. The summed E-state index contributed by atoms with van der Waals surface area (Å²) in [5.74, 6) is 0.713. The van der Waals surface area contributed by atoms with E-state index in [-0.39, 0.29) is 0 Å². The standard InChI is InChI=1S/C28H28N4O6S/c1-28(18-8-10-19(36-2)11-9-18)26(34)31(27(35)29-28)16-25(33)32-21(15-20(30-32)24-6-5-13-39-24)17-7-12-22(37-3)23(14-17)38-4/h5-14,21H,15-16H2,1-4H3,(H,29,35)/t21-,28+/m1/s1. The van der Waals surface area contributed by atoms with Crippen LogP contribution in [0.3, 0.4) is 0 Å². The Kier molecular flexibility index (Phi) is 7.00. The van der Waals surface area contributed by atoms with E-state index >= 15 is 0 Å². The molecule has 2 aliphatic heterocycles. The number of hydrogen-bond donors (Lipinski definition) is 1. The summed E-state index contributed by atoms with van der Waals surface area (Å²) in [6.45, 7) is 1.16. The Hall–Kier alpha value is -4.38. The average molecular weight is 549 g/mol. The molecule has 1 N–H and O–H groups in total. The van der Waals surface area contributed by atoms with E-state index in [1.165, 1.54) is 16.3 Å². The van der Waals surface area contributed by atoms with Gasteiger partial charge in [0.05, 0.1) is 38.0 Å². The normalized spacial score (nSPS) is 20.6. The molecule has 0 radical (unpaired) electrons. The third kappa shape index (κ3) is 4.69. The molecule has 39 heavy (non-hydrogen) atoms. The van der Waals surface area contributed by atoms with Crippen molar-refractivity contribution < 1.29 is 28.6 Å². The smallest absolute Gasteiger partial charge is 0.325 e. The number of benzene rings is 2. The second-order valence-corrected chi connectivity index (χ2v) is 10.2. The van der Waals surface area contributed by atoms with Crippen molar-refractivity contribution in [2.24, 2.45) is 5.10 Å². The van der Waals surface area contributed by atoms with Gasteiger partial charge >= 0.3 is 6.03 Å². The maximum atomic E-state index is 13.7. The average Bonchev–Trinajstić information content (AvgIpc) is 3.69. The number of ether oxygens (including phenoxy) is 3. The van der Waals surface area contributed by atoms with E-state index < -0.39 is 36.0 Å². The summed E-state index contributed by atoms with van der Waals surface area (Å²) in [6, 6.07) is 15.1. The van der Waals surface area contributed by atoms with Crippen molar-refractivity contribution in [3.05, 3.63) is 76.0 Å². The van der Waals surface area contributed by atoms with Gasteiger partial charge in [0.15, 0.2) is 11.5 Å².